The number of amides is 1. The number of hydrogen-bond donors (Lipinski definition) is 2. The molecule has 0 aromatic heterocycles. The van der Waals surface area contributed by atoms with E-state index in [1.807, 2.05) is 6.92 Å². The van der Waals surface area contributed by atoms with Crippen molar-refractivity contribution in [1.29, 1.82) is 0 Å². The number of rotatable bonds is 7. The summed E-state index contributed by atoms with van der Waals surface area (Å²) < 4.78 is 0. The highest BCUT2D eigenvalue weighted by Gasteiger charge is 2.34. The van der Waals surface area contributed by atoms with E-state index in [2.05, 4.69) is 19.2 Å². The Labute approximate surface area is 104 Å². The van der Waals surface area contributed by atoms with Crippen LogP contribution < -0.4 is 11.1 Å². The summed E-state index contributed by atoms with van der Waals surface area (Å²) in [6.45, 7) is 8.71. The molecular weight excluding hydrogens is 220 g/mol. The number of carbonyl (C=O) groups excluding carboxylic acids is 1. The monoisotopic (exact) mass is 244 g/mol. The summed E-state index contributed by atoms with van der Waals surface area (Å²) in [4.78, 5) is 12.3. The Balaban J connectivity index is 4.39. The average Bonchev–Trinajstić information content (AvgIpc) is 2.28. The minimum Gasteiger partial charge on any atom is -0.392 e. The van der Waals surface area contributed by atoms with E-state index in [0.717, 1.165) is 12.8 Å². The first-order valence-corrected chi connectivity index (χ1v) is 6.41. The van der Waals surface area contributed by atoms with Gasteiger partial charge in [0.2, 0.25) is 5.91 Å². The van der Waals surface area contributed by atoms with Crippen molar-refractivity contribution in [2.75, 3.05) is 6.54 Å². The molecule has 0 aliphatic carbocycles. The van der Waals surface area contributed by atoms with E-state index in [-0.39, 0.29) is 10.9 Å². The molecule has 3 N–H and O–H groups in total. The molecule has 1 amide bonds. The van der Waals surface area contributed by atoms with E-state index in [0.29, 0.717) is 18.9 Å². The smallest absolute Gasteiger partial charge is 0.232 e. The first-order valence-electron chi connectivity index (χ1n) is 6.00. The molecule has 0 spiro atoms. The van der Waals surface area contributed by atoms with E-state index in [1.54, 1.807) is 6.92 Å². The second-order valence-electron chi connectivity index (χ2n) is 4.44. The SMILES string of the molecule is CCC(CC)CNC(=O)C(C)(CC)C(N)=S. The predicted molar refractivity (Wildman–Crippen MR) is 72.3 cm³/mol. The molecule has 0 heterocycles. The normalized spacial score (nSPS) is 14.6. The van der Waals surface area contributed by atoms with Gasteiger partial charge in [-0.15, -0.1) is 0 Å². The predicted octanol–water partition coefficient (Wildman–Crippen LogP) is 2.24. The maximum Gasteiger partial charge on any atom is 0.232 e. The molecule has 1 atom stereocenters. The molecule has 16 heavy (non-hydrogen) atoms. The average molecular weight is 244 g/mol. The fourth-order valence-electron chi connectivity index (χ4n) is 1.46. The van der Waals surface area contributed by atoms with Gasteiger partial charge in [0.15, 0.2) is 0 Å². The molecule has 0 aliphatic rings. The van der Waals surface area contributed by atoms with Crippen molar-refractivity contribution in [1.82, 2.24) is 5.32 Å². The fraction of sp³-hybridized carbons (Fsp3) is 0.833. The number of carbonyl (C=O) groups is 1. The van der Waals surface area contributed by atoms with E-state index < -0.39 is 5.41 Å². The number of nitrogens with two attached hydrogens (primary N) is 1. The van der Waals surface area contributed by atoms with Crippen LogP contribution in [0.3, 0.4) is 0 Å². The first-order chi connectivity index (χ1) is 7.42. The largest absolute Gasteiger partial charge is 0.392 e. The summed E-state index contributed by atoms with van der Waals surface area (Å²) in [5.74, 6) is 0.491. The molecule has 0 aromatic rings. The van der Waals surface area contributed by atoms with Crippen LogP contribution in [0.4, 0.5) is 0 Å². The van der Waals surface area contributed by atoms with Gasteiger partial charge < -0.3 is 11.1 Å². The van der Waals surface area contributed by atoms with E-state index in [4.69, 9.17) is 18.0 Å². The number of nitrogens with one attached hydrogen (secondary N) is 1. The highest BCUT2D eigenvalue weighted by Crippen LogP contribution is 2.21. The highest BCUT2D eigenvalue weighted by molar-refractivity contribution is 7.80. The van der Waals surface area contributed by atoms with Gasteiger partial charge in [-0.25, -0.2) is 0 Å². The van der Waals surface area contributed by atoms with Crippen LogP contribution in [0.1, 0.15) is 47.0 Å². The Hall–Kier alpha value is -0.640. The summed E-state index contributed by atoms with van der Waals surface area (Å²) in [5, 5.41) is 2.95. The van der Waals surface area contributed by atoms with Crippen LogP contribution in [0.2, 0.25) is 0 Å². The molecule has 0 aliphatic heterocycles. The summed E-state index contributed by atoms with van der Waals surface area (Å²) in [5.41, 5.74) is 4.92. The first kappa shape index (κ1) is 15.4. The molecule has 0 radical (unpaired) electrons. The van der Waals surface area contributed by atoms with Gasteiger partial charge in [-0.1, -0.05) is 45.8 Å². The lowest BCUT2D eigenvalue weighted by molar-refractivity contribution is -0.127. The van der Waals surface area contributed by atoms with Gasteiger partial charge >= 0.3 is 0 Å². The molecule has 94 valence electrons. The molecule has 0 bridgehead atoms. The molecule has 4 heteroatoms. The van der Waals surface area contributed by atoms with E-state index >= 15 is 0 Å². The molecule has 0 saturated heterocycles. The highest BCUT2D eigenvalue weighted by atomic mass is 32.1. The zero-order valence-electron chi connectivity index (χ0n) is 10.8. The van der Waals surface area contributed by atoms with Crippen LogP contribution in [0.15, 0.2) is 0 Å². The van der Waals surface area contributed by atoms with Gasteiger partial charge in [-0.3, -0.25) is 4.79 Å². The van der Waals surface area contributed by atoms with Gasteiger partial charge in [0, 0.05) is 6.54 Å². The van der Waals surface area contributed by atoms with Crippen LogP contribution in [-0.4, -0.2) is 17.4 Å². The third kappa shape index (κ3) is 3.74. The second kappa shape index (κ2) is 6.84. The van der Waals surface area contributed by atoms with Crippen LogP contribution in [0.5, 0.6) is 0 Å². The minimum atomic E-state index is -0.707. The van der Waals surface area contributed by atoms with Crippen LogP contribution in [0.25, 0.3) is 0 Å². The quantitative estimate of drug-likeness (QED) is 0.675. The lowest BCUT2D eigenvalue weighted by Crippen LogP contribution is -2.47. The van der Waals surface area contributed by atoms with Crippen molar-refractivity contribution in [3.05, 3.63) is 0 Å². The third-order valence-corrected chi connectivity index (χ3v) is 3.91. The maximum atomic E-state index is 12.0. The van der Waals surface area contributed by atoms with Crippen molar-refractivity contribution in [3.63, 3.8) is 0 Å². The van der Waals surface area contributed by atoms with Crippen molar-refractivity contribution in [3.8, 4) is 0 Å². The lowest BCUT2D eigenvalue weighted by atomic mass is 9.86. The number of hydrogen-bond acceptors (Lipinski definition) is 2. The summed E-state index contributed by atoms with van der Waals surface area (Å²) in [6, 6.07) is 0. The Morgan fingerprint density at radius 3 is 2.19 bits per heavy atom. The van der Waals surface area contributed by atoms with Gasteiger partial charge in [-0.05, 0) is 19.3 Å². The summed E-state index contributed by atoms with van der Waals surface area (Å²) in [6.07, 6.45) is 2.79. The van der Waals surface area contributed by atoms with Gasteiger partial charge in [0.1, 0.15) is 0 Å². The van der Waals surface area contributed by atoms with Crippen molar-refractivity contribution in [2.45, 2.75) is 47.0 Å². The minimum absolute atomic E-state index is 0.0469. The Morgan fingerprint density at radius 2 is 1.88 bits per heavy atom. The Morgan fingerprint density at radius 1 is 1.38 bits per heavy atom. The molecule has 0 saturated carbocycles. The van der Waals surface area contributed by atoms with Gasteiger partial charge in [0.05, 0.1) is 10.4 Å². The fourth-order valence-corrected chi connectivity index (χ4v) is 1.69. The van der Waals surface area contributed by atoms with Gasteiger partial charge in [-0.2, -0.15) is 0 Å². The zero-order valence-corrected chi connectivity index (χ0v) is 11.6. The number of thiocarbonyl (C=S) groups is 1. The zero-order chi connectivity index (χ0) is 12.8. The van der Waals surface area contributed by atoms with Crippen LogP contribution in [0, 0.1) is 11.3 Å². The van der Waals surface area contributed by atoms with Crippen LogP contribution in [-0.2, 0) is 4.79 Å². The third-order valence-electron chi connectivity index (χ3n) is 3.46. The Bertz CT molecular complexity index is 251. The van der Waals surface area contributed by atoms with Crippen molar-refractivity contribution < 1.29 is 4.79 Å². The van der Waals surface area contributed by atoms with Gasteiger partial charge in [0.25, 0.3) is 0 Å². The van der Waals surface area contributed by atoms with E-state index in [9.17, 15) is 4.79 Å². The topological polar surface area (TPSA) is 55.1 Å². The van der Waals surface area contributed by atoms with Crippen molar-refractivity contribution in [2.24, 2.45) is 17.1 Å². The standard InChI is InChI=1S/C12H24N2OS/c1-5-9(6-2)8-14-11(15)12(4,7-3)10(13)16/h9H,5-8H2,1-4H3,(H2,13,16)(H,14,15). The maximum absolute atomic E-state index is 12.0. The van der Waals surface area contributed by atoms with E-state index in [1.165, 1.54) is 0 Å². The molecule has 0 aromatic carbocycles. The Kier molecular flexibility index (Phi) is 6.56. The summed E-state index contributed by atoms with van der Waals surface area (Å²) in [7, 11) is 0. The lowest BCUT2D eigenvalue weighted by Gasteiger charge is -2.26. The molecular formula is C12H24N2OS. The molecule has 0 fully saturated rings. The molecule has 0 rings (SSSR count). The molecule has 1 unspecified atom stereocenters. The summed E-state index contributed by atoms with van der Waals surface area (Å²) >= 11 is 4.96. The van der Waals surface area contributed by atoms with Crippen molar-refractivity contribution >= 4 is 23.1 Å². The second-order valence-corrected chi connectivity index (χ2v) is 4.88. The van der Waals surface area contributed by atoms with Crippen LogP contribution >= 0.6 is 12.2 Å². The molecule has 3 nitrogen and oxygen atoms in total.